The van der Waals surface area contributed by atoms with E-state index in [-0.39, 0.29) is 17.9 Å². The largest absolute Gasteiger partial charge is 0.482 e. The van der Waals surface area contributed by atoms with Gasteiger partial charge in [0.25, 0.3) is 11.5 Å². The number of carbonyl (C=O) groups is 1. The van der Waals surface area contributed by atoms with Crippen molar-refractivity contribution in [1.82, 2.24) is 9.66 Å². The Bertz CT molecular complexity index is 1540. The Morgan fingerprint density at radius 2 is 1.92 bits per heavy atom. The molecule has 3 aromatic carbocycles. The zero-order valence-corrected chi connectivity index (χ0v) is 24.7. The van der Waals surface area contributed by atoms with Gasteiger partial charge in [-0.2, -0.15) is 9.78 Å². The number of fused-ring (bicyclic) bond motifs is 1. The van der Waals surface area contributed by atoms with E-state index in [1.54, 1.807) is 30.5 Å². The molecule has 0 aliphatic rings. The van der Waals surface area contributed by atoms with Gasteiger partial charge >= 0.3 is 0 Å². The zero-order valence-electron chi connectivity index (χ0n) is 18.8. The van der Waals surface area contributed by atoms with Gasteiger partial charge in [0.15, 0.2) is 6.61 Å². The maximum Gasteiger partial charge on any atom is 0.282 e. The Hall–Kier alpha value is -2.39. The third kappa shape index (κ3) is 6.11. The van der Waals surface area contributed by atoms with Crippen molar-refractivity contribution in [2.24, 2.45) is 5.10 Å². The first kappa shape index (κ1) is 26.7. The average Bonchev–Trinajstić information content (AvgIpc) is 2.84. The first-order chi connectivity index (χ1) is 17.3. The highest BCUT2D eigenvalue weighted by molar-refractivity contribution is 14.1. The van der Waals surface area contributed by atoms with Gasteiger partial charge in [0, 0.05) is 10.9 Å². The third-order valence-electron chi connectivity index (χ3n) is 5.03. The minimum Gasteiger partial charge on any atom is -0.482 e. The molecule has 0 saturated carbocycles. The molecular weight excluding hydrogens is 757 g/mol. The highest BCUT2D eigenvalue weighted by atomic mass is 127. The molecule has 0 atom stereocenters. The number of amides is 1. The van der Waals surface area contributed by atoms with Crippen LogP contribution in [0.4, 0.5) is 10.1 Å². The van der Waals surface area contributed by atoms with E-state index in [0.717, 1.165) is 17.2 Å². The number of benzene rings is 3. The van der Waals surface area contributed by atoms with Gasteiger partial charge in [0.1, 0.15) is 17.4 Å². The molecule has 36 heavy (non-hydrogen) atoms. The van der Waals surface area contributed by atoms with Crippen molar-refractivity contribution in [2.45, 2.75) is 13.3 Å². The van der Waals surface area contributed by atoms with Crippen LogP contribution in [0.15, 0.2) is 69.0 Å². The molecule has 4 rings (SSSR count). The SMILES string of the molecule is CCc1nc2ccc(Br)cc2c(=O)n1N=Cc1cc(I)c(OCC(=O)Nc2ccccc2F)c(I)c1. The van der Waals surface area contributed by atoms with Gasteiger partial charge in [0.2, 0.25) is 0 Å². The molecule has 0 fully saturated rings. The topological polar surface area (TPSA) is 85.6 Å². The van der Waals surface area contributed by atoms with Crippen molar-refractivity contribution in [3.8, 4) is 5.75 Å². The number of nitrogens with one attached hydrogen (secondary N) is 1. The summed E-state index contributed by atoms with van der Waals surface area (Å²) < 4.78 is 23.1. The average molecular weight is 775 g/mol. The standard InChI is InChI=1S/C25H18BrFI2N4O3/c1-2-22-31-20-8-7-15(26)11-16(20)25(35)33(22)30-12-14-9-18(28)24(19(29)10-14)36-13-23(34)32-21-6-4-3-5-17(21)27/h3-12H,2,13H2,1H3,(H,32,34). The van der Waals surface area contributed by atoms with Crippen molar-refractivity contribution in [2.75, 3.05) is 11.9 Å². The Kier molecular flexibility index (Phi) is 8.72. The highest BCUT2D eigenvalue weighted by Gasteiger charge is 2.13. The zero-order chi connectivity index (χ0) is 25.8. The van der Waals surface area contributed by atoms with Crippen LogP contribution >= 0.6 is 61.1 Å². The Labute approximate surface area is 241 Å². The minimum absolute atomic E-state index is 0.0966. The van der Waals surface area contributed by atoms with Crippen LogP contribution in [0.25, 0.3) is 10.9 Å². The summed E-state index contributed by atoms with van der Waals surface area (Å²) in [5.74, 6) is 0.0921. The van der Waals surface area contributed by atoms with Crippen LogP contribution in [0.2, 0.25) is 0 Å². The Balaban J connectivity index is 1.54. The van der Waals surface area contributed by atoms with Gasteiger partial charge in [-0.3, -0.25) is 9.59 Å². The molecule has 0 aliphatic heterocycles. The maximum atomic E-state index is 13.8. The van der Waals surface area contributed by atoms with Crippen molar-refractivity contribution in [3.05, 3.63) is 93.8 Å². The highest BCUT2D eigenvalue weighted by Crippen LogP contribution is 2.28. The van der Waals surface area contributed by atoms with Crippen molar-refractivity contribution in [3.63, 3.8) is 0 Å². The number of rotatable bonds is 7. The summed E-state index contributed by atoms with van der Waals surface area (Å²) >= 11 is 7.61. The van der Waals surface area contributed by atoms with E-state index in [9.17, 15) is 14.0 Å². The van der Waals surface area contributed by atoms with Gasteiger partial charge in [-0.1, -0.05) is 35.0 Å². The number of para-hydroxylation sites is 1. The molecule has 0 aliphatic carbocycles. The van der Waals surface area contributed by atoms with Gasteiger partial charge in [-0.05, 0) is 93.2 Å². The first-order valence-corrected chi connectivity index (χ1v) is 13.6. The summed E-state index contributed by atoms with van der Waals surface area (Å²) in [7, 11) is 0. The number of ether oxygens (including phenoxy) is 1. The van der Waals surface area contributed by atoms with E-state index in [2.05, 4.69) is 76.5 Å². The van der Waals surface area contributed by atoms with E-state index in [0.29, 0.717) is 28.9 Å². The lowest BCUT2D eigenvalue weighted by Crippen LogP contribution is -2.22. The molecule has 0 spiro atoms. The molecule has 0 radical (unpaired) electrons. The van der Waals surface area contributed by atoms with Crippen LogP contribution in [0.3, 0.4) is 0 Å². The molecule has 0 unspecified atom stereocenters. The van der Waals surface area contributed by atoms with Crippen molar-refractivity contribution in [1.29, 1.82) is 0 Å². The lowest BCUT2D eigenvalue weighted by Gasteiger charge is -2.12. The van der Waals surface area contributed by atoms with Crippen LogP contribution in [-0.2, 0) is 11.2 Å². The summed E-state index contributed by atoms with van der Waals surface area (Å²) in [6.07, 6.45) is 2.13. The normalized spacial score (nSPS) is 11.2. The maximum absolute atomic E-state index is 13.8. The molecule has 184 valence electrons. The molecule has 7 nitrogen and oxygen atoms in total. The second kappa shape index (κ2) is 11.8. The molecule has 1 heterocycles. The smallest absolute Gasteiger partial charge is 0.282 e. The monoisotopic (exact) mass is 774 g/mol. The van der Waals surface area contributed by atoms with E-state index in [1.165, 1.54) is 16.8 Å². The van der Waals surface area contributed by atoms with E-state index in [1.807, 2.05) is 25.1 Å². The summed E-state index contributed by atoms with van der Waals surface area (Å²) in [6, 6.07) is 15.0. The molecule has 1 amide bonds. The number of aromatic nitrogens is 2. The fourth-order valence-electron chi connectivity index (χ4n) is 3.35. The number of carbonyl (C=O) groups excluding carboxylic acids is 1. The molecule has 0 saturated heterocycles. The fourth-order valence-corrected chi connectivity index (χ4v) is 5.83. The van der Waals surface area contributed by atoms with Gasteiger partial charge < -0.3 is 10.1 Å². The number of hydrogen-bond donors (Lipinski definition) is 1. The quantitative estimate of drug-likeness (QED) is 0.186. The summed E-state index contributed by atoms with van der Waals surface area (Å²) in [6.45, 7) is 1.64. The van der Waals surface area contributed by atoms with Gasteiger partial charge in [-0.25, -0.2) is 9.37 Å². The molecule has 1 aromatic heterocycles. The Morgan fingerprint density at radius 1 is 1.19 bits per heavy atom. The van der Waals surface area contributed by atoms with E-state index < -0.39 is 11.7 Å². The second-order valence-electron chi connectivity index (χ2n) is 7.53. The van der Waals surface area contributed by atoms with Crippen molar-refractivity contribution < 1.29 is 13.9 Å². The molecule has 1 N–H and O–H groups in total. The van der Waals surface area contributed by atoms with E-state index >= 15 is 0 Å². The predicted molar refractivity (Wildman–Crippen MR) is 158 cm³/mol. The number of aryl methyl sites for hydroxylation is 1. The van der Waals surface area contributed by atoms with Crippen molar-refractivity contribution >= 4 is 89.8 Å². The summed E-state index contributed by atoms with van der Waals surface area (Å²) in [5.41, 5.74) is 1.21. The predicted octanol–water partition coefficient (Wildman–Crippen LogP) is 5.97. The number of nitrogens with zero attached hydrogens (tertiary/aromatic N) is 3. The fraction of sp³-hybridized carbons (Fsp3) is 0.120. The van der Waals surface area contributed by atoms with Crippen LogP contribution in [0, 0.1) is 13.0 Å². The third-order valence-corrected chi connectivity index (χ3v) is 7.13. The number of anilines is 1. The lowest BCUT2D eigenvalue weighted by atomic mass is 10.2. The Morgan fingerprint density at radius 3 is 2.61 bits per heavy atom. The summed E-state index contributed by atoms with van der Waals surface area (Å²) in [4.78, 5) is 29.9. The molecule has 11 heteroatoms. The van der Waals surface area contributed by atoms with E-state index in [4.69, 9.17) is 4.74 Å². The lowest BCUT2D eigenvalue weighted by molar-refractivity contribution is -0.118. The first-order valence-electron chi connectivity index (χ1n) is 10.7. The number of halogens is 4. The summed E-state index contributed by atoms with van der Waals surface area (Å²) in [5, 5.41) is 7.39. The van der Waals surface area contributed by atoms with Gasteiger partial charge in [-0.15, -0.1) is 0 Å². The van der Waals surface area contributed by atoms with Crippen LogP contribution in [-0.4, -0.2) is 28.4 Å². The molecule has 0 bridgehead atoms. The second-order valence-corrected chi connectivity index (χ2v) is 10.8. The van der Waals surface area contributed by atoms with Crippen LogP contribution in [0.5, 0.6) is 5.75 Å². The molecular formula is C25H18BrFI2N4O3. The van der Waals surface area contributed by atoms with Crippen LogP contribution < -0.4 is 15.6 Å². The molecule has 4 aromatic rings. The van der Waals surface area contributed by atoms with Gasteiger partial charge in [0.05, 0.1) is 29.9 Å². The van der Waals surface area contributed by atoms with Crippen LogP contribution in [0.1, 0.15) is 18.3 Å². The number of hydrogen-bond acceptors (Lipinski definition) is 5. The minimum atomic E-state index is -0.516.